The third kappa shape index (κ3) is 2.17. The van der Waals surface area contributed by atoms with Gasteiger partial charge in [0.15, 0.2) is 0 Å². The molecule has 108 valence electrons. The van der Waals surface area contributed by atoms with Crippen LogP contribution in [0.3, 0.4) is 0 Å². The molecular weight excluding hydrogens is 314 g/mol. The molecule has 0 saturated carbocycles. The van der Waals surface area contributed by atoms with Crippen LogP contribution in [0, 0.1) is 0 Å². The van der Waals surface area contributed by atoms with Crippen LogP contribution in [0.5, 0.6) is 0 Å². The molecule has 0 N–H and O–H groups in total. The van der Waals surface area contributed by atoms with Crippen molar-refractivity contribution >= 4 is 33.8 Å². The van der Waals surface area contributed by atoms with Crippen molar-refractivity contribution in [1.29, 1.82) is 0 Å². The molecule has 0 bridgehead atoms. The maximum absolute atomic E-state index is 12.4. The van der Waals surface area contributed by atoms with Crippen molar-refractivity contribution in [3.63, 3.8) is 0 Å². The Morgan fingerprint density at radius 3 is 3.24 bits per heavy atom. The highest BCUT2D eigenvalue weighted by atomic mass is 35.5. The molecule has 0 atom stereocenters. The fraction of sp³-hybridized carbons (Fsp3) is 0.308. The van der Waals surface area contributed by atoms with Gasteiger partial charge >= 0.3 is 0 Å². The van der Waals surface area contributed by atoms with E-state index in [1.54, 1.807) is 5.38 Å². The van der Waals surface area contributed by atoms with Crippen molar-refractivity contribution in [3.05, 3.63) is 43.7 Å². The molecular formula is C13H10ClN3O3S. The number of fused-ring (bicyclic) bond motifs is 2. The van der Waals surface area contributed by atoms with Gasteiger partial charge in [0.1, 0.15) is 27.9 Å². The van der Waals surface area contributed by atoms with Gasteiger partial charge in [0.2, 0.25) is 5.89 Å². The first-order valence-corrected chi connectivity index (χ1v) is 7.65. The molecule has 4 heterocycles. The summed E-state index contributed by atoms with van der Waals surface area (Å²) in [4.78, 5) is 21.0. The Bertz CT molecular complexity index is 859. The van der Waals surface area contributed by atoms with Gasteiger partial charge in [-0.15, -0.1) is 11.3 Å². The first kappa shape index (κ1) is 13.0. The normalized spacial score (nSPS) is 14.5. The van der Waals surface area contributed by atoms with Crippen LogP contribution in [0.25, 0.3) is 10.9 Å². The minimum absolute atomic E-state index is 0.143. The van der Waals surface area contributed by atoms with E-state index in [9.17, 15) is 4.79 Å². The molecule has 0 aliphatic carbocycles. The third-order valence-electron chi connectivity index (χ3n) is 3.38. The van der Waals surface area contributed by atoms with Crippen molar-refractivity contribution in [1.82, 2.24) is 14.5 Å². The standard InChI is InChI=1S/C13H10ClN3O3S/c14-12-11-7(5-21-12)13(18)17(6-15-11)3-10-16-8-4-19-2-1-9(8)20-10/h5-6H,1-4H2. The van der Waals surface area contributed by atoms with Crippen molar-refractivity contribution < 1.29 is 9.15 Å². The zero-order valence-corrected chi connectivity index (χ0v) is 12.4. The van der Waals surface area contributed by atoms with Crippen molar-refractivity contribution in [3.8, 4) is 0 Å². The highest BCUT2D eigenvalue weighted by molar-refractivity contribution is 7.16. The predicted octanol–water partition coefficient (Wildman–Crippen LogP) is 2.22. The molecule has 0 aromatic carbocycles. The highest BCUT2D eigenvalue weighted by Gasteiger charge is 2.18. The molecule has 3 aromatic rings. The average molecular weight is 324 g/mol. The lowest BCUT2D eigenvalue weighted by atomic mass is 10.2. The molecule has 0 fully saturated rings. The SMILES string of the molecule is O=c1c2csc(Cl)c2ncn1Cc1nc2c(o1)CCOC2. The summed E-state index contributed by atoms with van der Waals surface area (Å²) >= 11 is 7.29. The van der Waals surface area contributed by atoms with Crippen LogP contribution in [-0.4, -0.2) is 21.1 Å². The van der Waals surface area contributed by atoms with Gasteiger partial charge in [0, 0.05) is 11.8 Å². The number of halogens is 1. The summed E-state index contributed by atoms with van der Waals surface area (Å²) in [6, 6.07) is 0. The number of nitrogens with zero attached hydrogens (tertiary/aromatic N) is 3. The van der Waals surface area contributed by atoms with E-state index < -0.39 is 0 Å². The summed E-state index contributed by atoms with van der Waals surface area (Å²) in [6.45, 7) is 1.36. The second-order valence-electron chi connectivity index (χ2n) is 4.73. The molecule has 21 heavy (non-hydrogen) atoms. The maximum Gasteiger partial charge on any atom is 0.262 e. The maximum atomic E-state index is 12.4. The molecule has 0 spiro atoms. The van der Waals surface area contributed by atoms with Crippen molar-refractivity contribution in [2.24, 2.45) is 0 Å². The second kappa shape index (κ2) is 4.94. The van der Waals surface area contributed by atoms with E-state index >= 15 is 0 Å². The molecule has 0 radical (unpaired) electrons. The van der Waals surface area contributed by atoms with Gasteiger partial charge in [-0.25, -0.2) is 9.97 Å². The lowest BCUT2D eigenvalue weighted by molar-refractivity contribution is 0.102. The predicted molar refractivity (Wildman–Crippen MR) is 77.9 cm³/mol. The summed E-state index contributed by atoms with van der Waals surface area (Å²) in [5, 5.41) is 2.24. The Morgan fingerprint density at radius 1 is 1.48 bits per heavy atom. The van der Waals surface area contributed by atoms with Gasteiger partial charge in [-0.3, -0.25) is 9.36 Å². The van der Waals surface area contributed by atoms with Crippen LogP contribution in [0.15, 0.2) is 20.9 Å². The molecule has 8 heteroatoms. The number of hydrogen-bond acceptors (Lipinski definition) is 6. The van der Waals surface area contributed by atoms with Gasteiger partial charge in [0.25, 0.3) is 5.56 Å². The molecule has 0 saturated heterocycles. The Hall–Kier alpha value is -1.70. The van der Waals surface area contributed by atoms with E-state index in [0.29, 0.717) is 40.8 Å². The number of rotatable bonds is 2. The minimum atomic E-state index is -0.143. The summed E-state index contributed by atoms with van der Waals surface area (Å²) < 4.78 is 13.0. The number of thiophene rings is 1. The van der Waals surface area contributed by atoms with Gasteiger partial charge in [-0.2, -0.15) is 0 Å². The molecule has 0 unspecified atom stereocenters. The summed E-state index contributed by atoms with van der Waals surface area (Å²) in [5.74, 6) is 1.34. The Balaban J connectivity index is 1.72. The van der Waals surface area contributed by atoms with Crippen LogP contribution in [0.1, 0.15) is 17.3 Å². The van der Waals surface area contributed by atoms with Crippen LogP contribution in [-0.2, 0) is 24.3 Å². The fourth-order valence-corrected chi connectivity index (χ4v) is 3.33. The first-order valence-electron chi connectivity index (χ1n) is 6.39. The number of hydrogen-bond donors (Lipinski definition) is 0. The Labute approximate surface area is 128 Å². The smallest absolute Gasteiger partial charge is 0.262 e. The van der Waals surface area contributed by atoms with E-state index in [1.807, 2.05) is 0 Å². The van der Waals surface area contributed by atoms with Gasteiger partial charge < -0.3 is 9.15 Å². The summed E-state index contributed by atoms with van der Waals surface area (Å²) in [7, 11) is 0. The zero-order chi connectivity index (χ0) is 14.4. The Kier molecular flexibility index (Phi) is 3.06. The summed E-state index contributed by atoms with van der Waals surface area (Å²) in [6.07, 6.45) is 2.19. The van der Waals surface area contributed by atoms with E-state index in [0.717, 1.165) is 11.5 Å². The molecule has 1 aliphatic rings. The third-order valence-corrected chi connectivity index (χ3v) is 4.58. The molecule has 3 aromatic heterocycles. The minimum Gasteiger partial charge on any atom is -0.443 e. The Morgan fingerprint density at radius 2 is 2.38 bits per heavy atom. The monoisotopic (exact) mass is 323 g/mol. The molecule has 4 rings (SSSR count). The second-order valence-corrected chi connectivity index (χ2v) is 6.21. The van der Waals surface area contributed by atoms with Crippen molar-refractivity contribution in [2.75, 3.05) is 6.61 Å². The zero-order valence-electron chi connectivity index (χ0n) is 10.8. The van der Waals surface area contributed by atoms with Crippen LogP contribution in [0.4, 0.5) is 0 Å². The largest absolute Gasteiger partial charge is 0.443 e. The van der Waals surface area contributed by atoms with E-state index in [2.05, 4.69) is 9.97 Å². The van der Waals surface area contributed by atoms with Crippen LogP contribution >= 0.6 is 22.9 Å². The van der Waals surface area contributed by atoms with E-state index in [1.165, 1.54) is 22.2 Å². The van der Waals surface area contributed by atoms with Crippen LogP contribution in [0.2, 0.25) is 4.34 Å². The van der Waals surface area contributed by atoms with E-state index in [-0.39, 0.29) is 12.1 Å². The van der Waals surface area contributed by atoms with Gasteiger partial charge in [-0.05, 0) is 0 Å². The average Bonchev–Trinajstić information content (AvgIpc) is 3.06. The molecule has 6 nitrogen and oxygen atoms in total. The van der Waals surface area contributed by atoms with Crippen LogP contribution < -0.4 is 5.56 Å². The first-order chi connectivity index (χ1) is 10.2. The molecule has 1 aliphatic heterocycles. The highest BCUT2D eigenvalue weighted by Crippen LogP contribution is 2.26. The van der Waals surface area contributed by atoms with Crippen molar-refractivity contribution in [2.45, 2.75) is 19.6 Å². The lowest BCUT2D eigenvalue weighted by Crippen LogP contribution is -2.20. The van der Waals surface area contributed by atoms with E-state index in [4.69, 9.17) is 20.8 Å². The molecule has 0 amide bonds. The number of aromatic nitrogens is 3. The quantitative estimate of drug-likeness (QED) is 0.723. The topological polar surface area (TPSA) is 70.2 Å². The number of oxazole rings is 1. The van der Waals surface area contributed by atoms with Gasteiger partial charge in [-0.1, -0.05) is 11.6 Å². The lowest BCUT2D eigenvalue weighted by Gasteiger charge is -2.07. The number of ether oxygens (including phenoxy) is 1. The summed E-state index contributed by atoms with van der Waals surface area (Å²) in [5.41, 5.74) is 1.22. The fourth-order valence-electron chi connectivity index (χ4n) is 2.34. The van der Waals surface area contributed by atoms with Gasteiger partial charge in [0.05, 0.1) is 24.9 Å².